The van der Waals surface area contributed by atoms with Crippen molar-refractivity contribution in [1.29, 1.82) is 0 Å². The lowest BCUT2D eigenvalue weighted by atomic mass is 9.98. The second kappa shape index (κ2) is 4.73. The van der Waals surface area contributed by atoms with Gasteiger partial charge in [-0.15, -0.1) is 0 Å². The van der Waals surface area contributed by atoms with Crippen LogP contribution in [0.25, 0.3) is 0 Å². The molecule has 1 saturated heterocycles. The third-order valence-corrected chi connectivity index (χ3v) is 4.05. The van der Waals surface area contributed by atoms with Crippen LogP contribution in [0.15, 0.2) is 18.2 Å². The van der Waals surface area contributed by atoms with Crippen molar-refractivity contribution in [3.8, 4) is 0 Å². The highest BCUT2D eigenvalue weighted by molar-refractivity contribution is 5.95. The van der Waals surface area contributed by atoms with Crippen LogP contribution in [0.3, 0.4) is 0 Å². The maximum Gasteiger partial charge on any atom is 0.254 e. The SMILES string of the molecule is CC1(C)CN(C(=O)c2ccc3c(c2)NCC3)CC(C)(C)O1. The second-order valence-corrected chi connectivity index (χ2v) is 7.33. The first-order chi connectivity index (χ1) is 9.76. The number of hydrogen-bond donors (Lipinski definition) is 1. The van der Waals surface area contributed by atoms with Crippen molar-refractivity contribution in [2.24, 2.45) is 0 Å². The quantitative estimate of drug-likeness (QED) is 0.864. The zero-order valence-corrected chi connectivity index (χ0v) is 13.3. The van der Waals surface area contributed by atoms with Crippen LogP contribution in [-0.2, 0) is 11.2 Å². The summed E-state index contributed by atoms with van der Waals surface area (Å²) in [6.07, 6.45) is 1.04. The van der Waals surface area contributed by atoms with Gasteiger partial charge in [0.25, 0.3) is 5.91 Å². The minimum Gasteiger partial charge on any atom is -0.384 e. The normalized spacial score (nSPS) is 22.6. The van der Waals surface area contributed by atoms with Crippen molar-refractivity contribution < 1.29 is 9.53 Å². The number of anilines is 1. The molecule has 1 amide bonds. The highest BCUT2D eigenvalue weighted by Crippen LogP contribution is 2.30. The molecule has 0 spiro atoms. The number of ether oxygens (including phenoxy) is 1. The van der Waals surface area contributed by atoms with Crippen molar-refractivity contribution >= 4 is 11.6 Å². The Kier molecular flexibility index (Phi) is 3.24. The first kappa shape index (κ1) is 14.4. The van der Waals surface area contributed by atoms with E-state index in [0.29, 0.717) is 13.1 Å². The summed E-state index contributed by atoms with van der Waals surface area (Å²) in [5, 5.41) is 3.34. The van der Waals surface area contributed by atoms with Crippen LogP contribution >= 0.6 is 0 Å². The van der Waals surface area contributed by atoms with Crippen LogP contribution in [0.4, 0.5) is 5.69 Å². The van der Waals surface area contributed by atoms with Crippen molar-refractivity contribution in [2.45, 2.75) is 45.3 Å². The van der Waals surface area contributed by atoms with Crippen molar-refractivity contribution in [2.75, 3.05) is 25.0 Å². The summed E-state index contributed by atoms with van der Waals surface area (Å²) in [5.41, 5.74) is 2.54. The Morgan fingerprint density at radius 1 is 1.19 bits per heavy atom. The van der Waals surface area contributed by atoms with E-state index in [4.69, 9.17) is 4.74 Å². The summed E-state index contributed by atoms with van der Waals surface area (Å²) in [7, 11) is 0. The summed E-state index contributed by atoms with van der Waals surface area (Å²) < 4.78 is 6.05. The molecule has 2 aliphatic heterocycles. The van der Waals surface area contributed by atoms with Gasteiger partial charge in [-0.2, -0.15) is 0 Å². The topological polar surface area (TPSA) is 41.6 Å². The number of amides is 1. The van der Waals surface area contributed by atoms with Crippen LogP contribution in [-0.4, -0.2) is 41.6 Å². The molecule has 0 aliphatic carbocycles. The van der Waals surface area contributed by atoms with Gasteiger partial charge in [0, 0.05) is 30.9 Å². The lowest BCUT2D eigenvalue weighted by Crippen LogP contribution is -2.58. The Labute approximate surface area is 126 Å². The van der Waals surface area contributed by atoms with E-state index in [1.165, 1.54) is 5.56 Å². The Morgan fingerprint density at radius 2 is 1.86 bits per heavy atom. The number of carbonyl (C=O) groups is 1. The first-order valence-corrected chi connectivity index (χ1v) is 7.62. The summed E-state index contributed by atoms with van der Waals surface area (Å²) in [4.78, 5) is 14.7. The molecular weight excluding hydrogens is 264 g/mol. The predicted octanol–water partition coefficient (Wildman–Crippen LogP) is 2.68. The van der Waals surface area contributed by atoms with E-state index in [9.17, 15) is 4.79 Å². The molecule has 0 radical (unpaired) electrons. The first-order valence-electron chi connectivity index (χ1n) is 7.62. The number of rotatable bonds is 1. The molecule has 2 aliphatic rings. The molecule has 21 heavy (non-hydrogen) atoms. The smallest absolute Gasteiger partial charge is 0.254 e. The van der Waals surface area contributed by atoms with Gasteiger partial charge in [-0.3, -0.25) is 4.79 Å². The summed E-state index contributed by atoms with van der Waals surface area (Å²) >= 11 is 0. The number of morpholine rings is 1. The number of nitrogens with zero attached hydrogens (tertiary/aromatic N) is 1. The molecule has 0 unspecified atom stereocenters. The fraction of sp³-hybridized carbons (Fsp3) is 0.588. The van der Waals surface area contributed by atoms with Gasteiger partial charge >= 0.3 is 0 Å². The van der Waals surface area contributed by atoms with Gasteiger partial charge in [-0.05, 0) is 51.8 Å². The molecule has 0 atom stereocenters. The van der Waals surface area contributed by atoms with Gasteiger partial charge in [0.05, 0.1) is 11.2 Å². The fourth-order valence-electron chi connectivity index (χ4n) is 3.54. The number of nitrogens with one attached hydrogen (secondary N) is 1. The van der Waals surface area contributed by atoms with Crippen LogP contribution in [0.2, 0.25) is 0 Å². The molecule has 1 fully saturated rings. The van der Waals surface area contributed by atoms with Crippen LogP contribution < -0.4 is 5.32 Å². The third-order valence-electron chi connectivity index (χ3n) is 4.05. The molecule has 4 nitrogen and oxygen atoms in total. The Morgan fingerprint density at radius 3 is 2.52 bits per heavy atom. The number of benzene rings is 1. The molecule has 3 rings (SSSR count). The average Bonchev–Trinajstić information content (AvgIpc) is 2.81. The highest BCUT2D eigenvalue weighted by atomic mass is 16.5. The molecule has 1 N–H and O–H groups in total. The molecule has 1 aromatic carbocycles. The molecule has 0 saturated carbocycles. The molecule has 4 heteroatoms. The average molecular weight is 288 g/mol. The van der Waals surface area contributed by atoms with E-state index in [1.54, 1.807) is 0 Å². The van der Waals surface area contributed by atoms with Gasteiger partial charge in [-0.1, -0.05) is 6.07 Å². The van der Waals surface area contributed by atoms with E-state index >= 15 is 0 Å². The Bertz CT molecular complexity index is 562. The van der Waals surface area contributed by atoms with Crippen LogP contribution in [0, 0.1) is 0 Å². The van der Waals surface area contributed by atoms with Gasteiger partial charge in [0.15, 0.2) is 0 Å². The zero-order chi connectivity index (χ0) is 15.3. The van der Waals surface area contributed by atoms with Crippen molar-refractivity contribution in [3.63, 3.8) is 0 Å². The number of fused-ring (bicyclic) bond motifs is 1. The van der Waals surface area contributed by atoms with Gasteiger partial charge in [0.1, 0.15) is 0 Å². The van der Waals surface area contributed by atoms with E-state index in [2.05, 4.69) is 11.4 Å². The molecule has 114 valence electrons. The maximum absolute atomic E-state index is 12.8. The largest absolute Gasteiger partial charge is 0.384 e. The minimum atomic E-state index is -0.313. The molecule has 0 aromatic heterocycles. The minimum absolute atomic E-state index is 0.0935. The van der Waals surface area contributed by atoms with Gasteiger partial charge in [-0.25, -0.2) is 0 Å². The second-order valence-electron chi connectivity index (χ2n) is 7.33. The molecule has 0 bridgehead atoms. The van der Waals surface area contributed by atoms with Crippen molar-refractivity contribution in [1.82, 2.24) is 4.90 Å². The molecule has 1 aromatic rings. The molecular formula is C17H24N2O2. The maximum atomic E-state index is 12.8. The summed E-state index contributed by atoms with van der Waals surface area (Å²) in [6, 6.07) is 6.00. The van der Waals surface area contributed by atoms with E-state index in [0.717, 1.165) is 24.2 Å². The van der Waals surface area contributed by atoms with E-state index in [1.807, 2.05) is 44.7 Å². The lowest BCUT2D eigenvalue weighted by molar-refractivity contribution is -0.171. The van der Waals surface area contributed by atoms with Gasteiger partial charge in [0.2, 0.25) is 0 Å². The predicted molar refractivity (Wildman–Crippen MR) is 83.8 cm³/mol. The number of hydrogen-bond acceptors (Lipinski definition) is 3. The highest BCUT2D eigenvalue weighted by Gasteiger charge is 2.40. The third kappa shape index (κ3) is 2.91. The fourth-order valence-corrected chi connectivity index (χ4v) is 3.54. The standard InChI is InChI=1S/C17H24N2O2/c1-16(2)10-19(11-17(3,4)21-16)15(20)13-6-5-12-7-8-18-14(12)9-13/h5-6,9,18H,7-8,10-11H2,1-4H3. The lowest BCUT2D eigenvalue weighted by Gasteiger charge is -2.47. The van der Waals surface area contributed by atoms with E-state index in [-0.39, 0.29) is 17.1 Å². The van der Waals surface area contributed by atoms with Crippen LogP contribution in [0.5, 0.6) is 0 Å². The summed E-state index contributed by atoms with van der Waals surface area (Å²) in [6.45, 7) is 10.4. The monoisotopic (exact) mass is 288 g/mol. The number of carbonyl (C=O) groups excluding carboxylic acids is 1. The van der Waals surface area contributed by atoms with Gasteiger partial charge < -0.3 is 15.0 Å². The zero-order valence-electron chi connectivity index (χ0n) is 13.3. The Balaban J connectivity index is 1.84. The van der Waals surface area contributed by atoms with Crippen molar-refractivity contribution in [3.05, 3.63) is 29.3 Å². The Hall–Kier alpha value is -1.55. The summed E-state index contributed by atoms with van der Waals surface area (Å²) in [5.74, 6) is 0.0935. The molecule has 2 heterocycles. The van der Waals surface area contributed by atoms with E-state index < -0.39 is 0 Å². The van der Waals surface area contributed by atoms with Crippen LogP contribution in [0.1, 0.15) is 43.6 Å².